The van der Waals surface area contributed by atoms with E-state index in [2.05, 4.69) is 58.6 Å². The summed E-state index contributed by atoms with van der Waals surface area (Å²) in [5.74, 6) is 0.780. The summed E-state index contributed by atoms with van der Waals surface area (Å²) in [7, 11) is 1.79. The molecule has 1 aromatic carbocycles. The summed E-state index contributed by atoms with van der Waals surface area (Å²) in [4.78, 5) is 6.86. The van der Waals surface area contributed by atoms with E-state index in [1.807, 2.05) is 0 Å². The van der Waals surface area contributed by atoms with Crippen molar-refractivity contribution in [1.82, 2.24) is 15.5 Å². The van der Waals surface area contributed by atoms with Gasteiger partial charge in [-0.15, -0.1) is 0 Å². The Kier molecular flexibility index (Phi) is 8.50. The Morgan fingerprint density at radius 1 is 1.20 bits per heavy atom. The molecule has 2 heterocycles. The van der Waals surface area contributed by atoms with Crippen molar-refractivity contribution >= 4 is 5.96 Å². The number of hydrogen-bond acceptors (Lipinski definition) is 5. The first-order chi connectivity index (χ1) is 14.5. The number of aliphatic hydroxyl groups is 1. The van der Waals surface area contributed by atoms with Crippen LogP contribution in [0.1, 0.15) is 37.8 Å². The predicted octanol–water partition coefficient (Wildman–Crippen LogP) is 1.75. The summed E-state index contributed by atoms with van der Waals surface area (Å²) in [5, 5.41) is 16.3. The van der Waals surface area contributed by atoms with Gasteiger partial charge in [0, 0.05) is 58.4 Å². The van der Waals surface area contributed by atoms with Crippen LogP contribution in [0.25, 0.3) is 0 Å². The molecule has 1 aromatic rings. The Labute approximate surface area is 180 Å². The second kappa shape index (κ2) is 11.1. The summed E-state index contributed by atoms with van der Waals surface area (Å²) in [6.07, 6.45) is 2.26. The van der Waals surface area contributed by atoms with Gasteiger partial charge < -0.3 is 25.2 Å². The monoisotopic (exact) mass is 418 g/mol. The van der Waals surface area contributed by atoms with Gasteiger partial charge in [0.2, 0.25) is 0 Å². The maximum Gasteiger partial charge on any atom is 0.191 e. The van der Waals surface area contributed by atoms with Crippen molar-refractivity contribution in [3.05, 3.63) is 35.4 Å². The van der Waals surface area contributed by atoms with Crippen LogP contribution in [-0.4, -0.2) is 74.7 Å². The molecule has 3 unspecified atom stereocenters. The molecule has 2 aliphatic rings. The number of nitrogens with zero attached hydrogens (tertiary/aromatic N) is 2. The average molecular weight is 419 g/mol. The van der Waals surface area contributed by atoms with Gasteiger partial charge in [-0.2, -0.15) is 0 Å². The van der Waals surface area contributed by atoms with E-state index < -0.39 is 0 Å². The summed E-state index contributed by atoms with van der Waals surface area (Å²) < 4.78 is 11.5. The molecule has 2 aliphatic heterocycles. The first-order valence-corrected chi connectivity index (χ1v) is 11.1. The second-order valence-electron chi connectivity index (χ2n) is 8.78. The lowest BCUT2D eigenvalue weighted by molar-refractivity contribution is -0.0705. The Bertz CT molecular complexity index is 681. The van der Waals surface area contributed by atoms with Crippen molar-refractivity contribution in [1.29, 1.82) is 0 Å². The zero-order chi connectivity index (χ0) is 21.4. The van der Waals surface area contributed by atoms with Gasteiger partial charge in [0.1, 0.15) is 0 Å². The number of hydrogen-bond donors (Lipinski definition) is 3. The highest BCUT2D eigenvalue weighted by Gasteiger charge is 2.34. The third-order valence-corrected chi connectivity index (χ3v) is 6.14. The number of morpholine rings is 1. The van der Waals surface area contributed by atoms with E-state index in [-0.39, 0.29) is 24.2 Å². The van der Waals surface area contributed by atoms with Crippen molar-refractivity contribution < 1.29 is 14.6 Å². The minimum Gasteiger partial charge on any atom is -0.396 e. The quantitative estimate of drug-likeness (QED) is 0.441. The number of ether oxygens (including phenoxy) is 2. The molecule has 0 bridgehead atoms. The molecule has 168 valence electrons. The zero-order valence-electron chi connectivity index (χ0n) is 18.7. The van der Waals surface area contributed by atoms with Gasteiger partial charge in [0.15, 0.2) is 5.96 Å². The summed E-state index contributed by atoms with van der Waals surface area (Å²) in [6.45, 7) is 10.2. The predicted molar refractivity (Wildman–Crippen MR) is 120 cm³/mol. The van der Waals surface area contributed by atoms with Crippen molar-refractivity contribution in [2.45, 2.75) is 52.0 Å². The molecule has 3 N–H and O–H groups in total. The van der Waals surface area contributed by atoms with E-state index in [1.54, 1.807) is 7.05 Å². The molecule has 0 saturated carbocycles. The maximum atomic E-state index is 9.42. The van der Waals surface area contributed by atoms with Gasteiger partial charge in [0.05, 0.1) is 18.8 Å². The minimum atomic E-state index is -0.00596. The fourth-order valence-electron chi connectivity index (χ4n) is 4.52. The summed E-state index contributed by atoms with van der Waals surface area (Å²) in [5.41, 5.74) is 2.61. The molecule has 7 nitrogen and oxygen atoms in total. The molecular weight excluding hydrogens is 380 g/mol. The molecule has 0 aliphatic carbocycles. The van der Waals surface area contributed by atoms with E-state index in [9.17, 15) is 5.11 Å². The second-order valence-corrected chi connectivity index (χ2v) is 8.78. The number of aliphatic imine (C=N–C) groups is 1. The first-order valence-electron chi connectivity index (χ1n) is 11.1. The minimum absolute atomic E-state index is 0.00596. The van der Waals surface area contributed by atoms with E-state index in [1.165, 1.54) is 11.1 Å². The lowest BCUT2D eigenvalue weighted by Gasteiger charge is -2.35. The smallest absolute Gasteiger partial charge is 0.191 e. The van der Waals surface area contributed by atoms with Crippen LogP contribution in [0.3, 0.4) is 0 Å². The number of benzene rings is 1. The molecule has 3 rings (SSSR count). The number of aliphatic hydroxyl groups excluding tert-OH is 1. The van der Waals surface area contributed by atoms with Crippen LogP contribution < -0.4 is 10.6 Å². The van der Waals surface area contributed by atoms with E-state index in [0.29, 0.717) is 6.61 Å². The molecule has 0 radical (unpaired) electrons. The molecule has 7 heteroatoms. The molecular formula is C23H38N4O3. The van der Waals surface area contributed by atoms with Crippen LogP contribution in [0.4, 0.5) is 0 Å². The third-order valence-electron chi connectivity index (χ3n) is 6.14. The number of rotatable bonds is 8. The Morgan fingerprint density at radius 3 is 2.57 bits per heavy atom. The van der Waals surface area contributed by atoms with Crippen LogP contribution in [0.2, 0.25) is 0 Å². The summed E-state index contributed by atoms with van der Waals surface area (Å²) >= 11 is 0. The molecule has 0 spiro atoms. The van der Waals surface area contributed by atoms with Crippen molar-refractivity contribution in [3.63, 3.8) is 0 Å². The topological polar surface area (TPSA) is 78.4 Å². The van der Waals surface area contributed by atoms with Crippen molar-refractivity contribution in [2.75, 3.05) is 46.5 Å². The van der Waals surface area contributed by atoms with Gasteiger partial charge in [0.25, 0.3) is 0 Å². The van der Waals surface area contributed by atoms with Crippen LogP contribution in [0, 0.1) is 5.41 Å². The van der Waals surface area contributed by atoms with Crippen molar-refractivity contribution in [2.24, 2.45) is 10.4 Å². The van der Waals surface area contributed by atoms with E-state index in [4.69, 9.17) is 9.47 Å². The van der Waals surface area contributed by atoms with Gasteiger partial charge in [-0.3, -0.25) is 9.89 Å². The van der Waals surface area contributed by atoms with Crippen molar-refractivity contribution in [3.8, 4) is 0 Å². The SMILES string of the molecule is CN=C(NCc1ccccc1CN1CC(C)OC(C)C1)NCC1(CCO)CCOC1. The number of guanidine groups is 1. The zero-order valence-corrected chi connectivity index (χ0v) is 18.7. The van der Waals surface area contributed by atoms with Crippen LogP contribution in [0.5, 0.6) is 0 Å². The maximum absolute atomic E-state index is 9.42. The van der Waals surface area contributed by atoms with Crippen LogP contribution in [0.15, 0.2) is 29.3 Å². The van der Waals surface area contributed by atoms with E-state index in [0.717, 1.165) is 58.1 Å². The Hall–Kier alpha value is -1.67. The fourth-order valence-corrected chi connectivity index (χ4v) is 4.52. The highest BCUT2D eigenvalue weighted by molar-refractivity contribution is 5.79. The molecule has 3 atom stereocenters. The Morgan fingerprint density at radius 2 is 1.93 bits per heavy atom. The third kappa shape index (κ3) is 6.41. The standard InChI is InChI=1S/C23H38N4O3/c1-18-13-27(14-19(2)30-18)15-21-7-5-4-6-20(21)12-25-22(24-3)26-16-23(8-10-28)9-11-29-17-23/h4-7,18-19,28H,8-17H2,1-3H3,(H2,24,25,26). The van der Waals surface area contributed by atoms with Gasteiger partial charge >= 0.3 is 0 Å². The lowest BCUT2D eigenvalue weighted by Crippen LogP contribution is -2.45. The summed E-state index contributed by atoms with van der Waals surface area (Å²) in [6, 6.07) is 8.59. The fraction of sp³-hybridized carbons (Fsp3) is 0.696. The molecule has 30 heavy (non-hydrogen) atoms. The largest absolute Gasteiger partial charge is 0.396 e. The number of nitrogens with one attached hydrogen (secondary N) is 2. The molecule has 2 saturated heterocycles. The molecule has 0 aromatic heterocycles. The van der Waals surface area contributed by atoms with Gasteiger partial charge in [-0.25, -0.2) is 0 Å². The lowest BCUT2D eigenvalue weighted by atomic mass is 9.84. The average Bonchev–Trinajstić information content (AvgIpc) is 3.17. The van der Waals surface area contributed by atoms with Crippen LogP contribution >= 0.6 is 0 Å². The molecule has 0 amide bonds. The highest BCUT2D eigenvalue weighted by Crippen LogP contribution is 2.31. The van der Waals surface area contributed by atoms with Gasteiger partial charge in [-0.05, 0) is 37.8 Å². The molecule has 2 fully saturated rings. The van der Waals surface area contributed by atoms with Gasteiger partial charge in [-0.1, -0.05) is 24.3 Å². The van der Waals surface area contributed by atoms with E-state index >= 15 is 0 Å². The highest BCUT2D eigenvalue weighted by atomic mass is 16.5. The Balaban J connectivity index is 1.55. The van der Waals surface area contributed by atoms with Crippen LogP contribution in [-0.2, 0) is 22.6 Å². The first kappa shape index (κ1) is 23.0. The normalized spacial score (nSPS) is 27.9.